The van der Waals surface area contributed by atoms with E-state index in [9.17, 15) is 4.79 Å². The summed E-state index contributed by atoms with van der Waals surface area (Å²) in [6, 6.07) is 0. The number of carbonyl (C=O) groups excluding carboxylic acids is 1. The van der Waals surface area contributed by atoms with E-state index in [-0.39, 0.29) is 11.8 Å². The standard InChI is InChI=1S/C13H21N3O/c1-16-10-11(9-15-16)7-8-14-13(17)12-5-3-2-4-6-12/h9-10,12H,2-8H2,1H3,(H,14,17). The van der Waals surface area contributed by atoms with Crippen molar-refractivity contribution in [2.24, 2.45) is 13.0 Å². The topological polar surface area (TPSA) is 46.9 Å². The summed E-state index contributed by atoms with van der Waals surface area (Å²) in [5.41, 5.74) is 1.18. The average molecular weight is 235 g/mol. The Morgan fingerprint density at radius 2 is 2.24 bits per heavy atom. The Hall–Kier alpha value is -1.32. The second kappa shape index (κ2) is 5.84. The van der Waals surface area contributed by atoms with E-state index in [1.54, 1.807) is 4.68 Å². The molecule has 1 aliphatic rings. The highest BCUT2D eigenvalue weighted by atomic mass is 16.1. The van der Waals surface area contributed by atoms with E-state index in [0.29, 0.717) is 0 Å². The highest BCUT2D eigenvalue weighted by molar-refractivity contribution is 5.78. The summed E-state index contributed by atoms with van der Waals surface area (Å²) in [7, 11) is 1.91. The van der Waals surface area contributed by atoms with Crippen molar-refractivity contribution in [3.63, 3.8) is 0 Å². The first-order valence-corrected chi connectivity index (χ1v) is 6.51. The fourth-order valence-corrected chi connectivity index (χ4v) is 2.44. The Kier molecular flexibility index (Phi) is 4.18. The van der Waals surface area contributed by atoms with E-state index in [1.807, 2.05) is 19.4 Å². The summed E-state index contributed by atoms with van der Waals surface area (Å²) in [6.07, 6.45) is 10.6. The van der Waals surface area contributed by atoms with Crippen molar-refractivity contribution in [2.45, 2.75) is 38.5 Å². The number of aromatic nitrogens is 2. The first-order valence-electron chi connectivity index (χ1n) is 6.51. The lowest BCUT2D eigenvalue weighted by Crippen LogP contribution is -2.33. The molecule has 0 radical (unpaired) electrons. The number of nitrogens with one attached hydrogen (secondary N) is 1. The zero-order valence-corrected chi connectivity index (χ0v) is 10.5. The van der Waals surface area contributed by atoms with Crippen LogP contribution >= 0.6 is 0 Å². The van der Waals surface area contributed by atoms with Crippen LogP contribution in [0, 0.1) is 5.92 Å². The van der Waals surface area contributed by atoms with Gasteiger partial charge in [0.1, 0.15) is 0 Å². The fourth-order valence-electron chi connectivity index (χ4n) is 2.44. The normalized spacial score (nSPS) is 17.0. The van der Waals surface area contributed by atoms with Crippen LogP contribution in [-0.4, -0.2) is 22.2 Å². The molecule has 1 aromatic heterocycles. The Balaban J connectivity index is 1.69. The fraction of sp³-hybridized carbons (Fsp3) is 0.692. The number of hydrogen-bond acceptors (Lipinski definition) is 2. The van der Waals surface area contributed by atoms with Gasteiger partial charge in [0, 0.05) is 25.7 Å². The van der Waals surface area contributed by atoms with Gasteiger partial charge in [-0.3, -0.25) is 9.48 Å². The van der Waals surface area contributed by atoms with Crippen LogP contribution in [0.2, 0.25) is 0 Å². The van der Waals surface area contributed by atoms with Gasteiger partial charge in [-0.1, -0.05) is 19.3 Å². The third-order valence-electron chi connectivity index (χ3n) is 3.45. The van der Waals surface area contributed by atoms with Crippen LogP contribution in [0.15, 0.2) is 12.4 Å². The molecule has 1 N–H and O–H groups in total. The maximum absolute atomic E-state index is 11.9. The van der Waals surface area contributed by atoms with Gasteiger partial charge in [-0.2, -0.15) is 5.10 Å². The van der Waals surface area contributed by atoms with Crippen molar-refractivity contribution in [1.29, 1.82) is 0 Å². The summed E-state index contributed by atoms with van der Waals surface area (Å²) < 4.78 is 1.79. The minimum atomic E-state index is 0.244. The molecule has 4 heteroatoms. The van der Waals surface area contributed by atoms with E-state index in [2.05, 4.69) is 10.4 Å². The average Bonchev–Trinajstić information content (AvgIpc) is 2.76. The van der Waals surface area contributed by atoms with Gasteiger partial charge in [0.2, 0.25) is 5.91 Å². The Morgan fingerprint density at radius 1 is 1.47 bits per heavy atom. The van der Waals surface area contributed by atoms with E-state index in [4.69, 9.17) is 0 Å². The molecule has 1 aromatic rings. The predicted octanol–water partition coefficient (Wildman–Crippen LogP) is 1.66. The highest BCUT2D eigenvalue weighted by Crippen LogP contribution is 2.23. The van der Waals surface area contributed by atoms with Gasteiger partial charge in [0.05, 0.1) is 6.20 Å². The summed E-state index contributed by atoms with van der Waals surface area (Å²) >= 11 is 0. The van der Waals surface area contributed by atoms with Gasteiger partial charge in [0.25, 0.3) is 0 Å². The third kappa shape index (κ3) is 3.58. The van der Waals surface area contributed by atoms with Crippen molar-refractivity contribution in [3.8, 4) is 0 Å². The van der Waals surface area contributed by atoms with Crippen molar-refractivity contribution >= 4 is 5.91 Å². The molecule has 0 aliphatic heterocycles. The maximum atomic E-state index is 11.9. The summed E-state index contributed by atoms with van der Waals surface area (Å²) in [5, 5.41) is 7.14. The van der Waals surface area contributed by atoms with E-state index in [1.165, 1.54) is 24.8 Å². The number of nitrogens with zero attached hydrogens (tertiary/aromatic N) is 2. The molecule has 0 aromatic carbocycles. The summed E-state index contributed by atoms with van der Waals surface area (Å²) in [5.74, 6) is 0.506. The SMILES string of the molecule is Cn1cc(CCNC(=O)C2CCCCC2)cn1. The number of aryl methyl sites for hydroxylation is 1. The number of carbonyl (C=O) groups is 1. The molecule has 94 valence electrons. The number of rotatable bonds is 4. The summed E-state index contributed by atoms with van der Waals surface area (Å²) in [6.45, 7) is 0.723. The number of hydrogen-bond donors (Lipinski definition) is 1. The van der Waals surface area contributed by atoms with Crippen LogP contribution < -0.4 is 5.32 Å². The van der Waals surface area contributed by atoms with Gasteiger partial charge in [-0.25, -0.2) is 0 Å². The van der Waals surface area contributed by atoms with Gasteiger partial charge in [0.15, 0.2) is 0 Å². The molecule has 4 nitrogen and oxygen atoms in total. The van der Waals surface area contributed by atoms with Crippen LogP contribution in [0.4, 0.5) is 0 Å². The van der Waals surface area contributed by atoms with Gasteiger partial charge < -0.3 is 5.32 Å². The number of amides is 1. The largest absolute Gasteiger partial charge is 0.356 e. The molecule has 0 bridgehead atoms. The van der Waals surface area contributed by atoms with Crippen LogP contribution in [0.5, 0.6) is 0 Å². The predicted molar refractivity (Wildman–Crippen MR) is 66.5 cm³/mol. The zero-order valence-electron chi connectivity index (χ0n) is 10.5. The highest BCUT2D eigenvalue weighted by Gasteiger charge is 2.20. The van der Waals surface area contributed by atoms with Gasteiger partial charge >= 0.3 is 0 Å². The van der Waals surface area contributed by atoms with Crippen LogP contribution in [-0.2, 0) is 18.3 Å². The molecule has 1 saturated carbocycles. The third-order valence-corrected chi connectivity index (χ3v) is 3.45. The molecular formula is C13H21N3O. The maximum Gasteiger partial charge on any atom is 0.223 e. The van der Waals surface area contributed by atoms with Crippen molar-refractivity contribution in [3.05, 3.63) is 18.0 Å². The van der Waals surface area contributed by atoms with Crippen LogP contribution in [0.1, 0.15) is 37.7 Å². The first kappa shape index (κ1) is 12.1. The quantitative estimate of drug-likeness (QED) is 0.862. The molecule has 1 heterocycles. The van der Waals surface area contributed by atoms with Crippen molar-refractivity contribution < 1.29 is 4.79 Å². The zero-order chi connectivity index (χ0) is 12.1. The minimum absolute atomic E-state index is 0.244. The molecule has 0 atom stereocenters. The molecule has 1 amide bonds. The lowest BCUT2D eigenvalue weighted by Gasteiger charge is -2.20. The minimum Gasteiger partial charge on any atom is -0.356 e. The van der Waals surface area contributed by atoms with Crippen molar-refractivity contribution in [1.82, 2.24) is 15.1 Å². The summed E-state index contributed by atoms with van der Waals surface area (Å²) in [4.78, 5) is 11.9. The second-order valence-electron chi connectivity index (χ2n) is 4.90. The molecule has 0 spiro atoms. The van der Waals surface area contributed by atoms with Crippen LogP contribution in [0.3, 0.4) is 0 Å². The molecule has 0 saturated heterocycles. The molecule has 0 unspecified atom stereocenters. The lowest BCUT2D eigenvalue weighted by atomic mass is 9.89. The Labute approximate surface area is 102 Å². The Bertz CT molecular complexity index is 366. The molecular weight excluding hydrogens is 214 g/mol. The van der Waals surface area contributed by atoms with E-state index >= 15 is 0 Å². The molecule has 17 heavy (non-hydrogen) atoms. The smallest absolute Gasteiger partial charge is 0.223 e. The first-order chi connectivity index (χ1) is 8.25. The van der Waals surface area contributed by atoms with Gasteiger partial charge in [-0.05, 0) is 24.8 Å². The monoisotopic (exact) mass is 235 g/mol. The van der Waals surface area contributed by atoms with E-state index < -0.39 is 0 Å². The van der Waals surface area contributed by atoms with Crippen molar-refractivity contribution in [2.75, 3.05) is 6.54 Å². The van der Waals surface area contributed by atoms with E-state index in [0.717, 1.165) is 25.8 Å². The second-order valence-corrected chi connectivity index (χ2v) is 4.90. The molecule has 1 fully saturated rings. The molecule has 1 aliphatic carbocycles. The van der Waals surface area contributed by atoms with Crippen LogP contribution in [0.25, 0.3) is 0 Å². The Morgan fingerprint density at radius 3 is 2.88 bits per heavy atom. The molecule has 2 rings (SSSR count). The van der Waals surface area contributed by atoms with Gasteiger partial charge in [-0.15, -0.1) is 0 Å². The lowest BCUT2D eigenvalue weighted by molar-refractivity contribution is -0.125.